The van der Waals surface area contributed by atoms with Gasteiger partial charge in [-0.3, -0.25) is 29.0 Å². The predicted octanol–water partition coefficient (Wildman–Crippen LogP) is 1.31. The fourth-order valence-corrected chi connectivity index (χ4v) is 2.96. The molecule has 0 aliphatic carbocycles. The van der Waals surface area contributed by atoms with E-state index in [0.717, 1.165) is 4.90 Å². The molecule has 1 aliphatic rings. The van der Waals surface area contributed by atoms with Gasteiger partial charge in [0.2, 0.25) is 5.91 Å². The smallest absolute Gasteiger partial charge is 0.326 e. The lowest BCUT2D eigenvalue weighted by atomic mass is 9.98. The van der Waals surface area contributed by atoms with Crippen molar-refractivity contribution in [1.29, 1.82) is 5.26 Å². The van der Waals surface area contributed by atoms with E-state index in [1.807, 2.05) is 6.07 Å². The zero-order valence-electron chi connectivity index (χ0n) is 15.4. The van der Waals surface area contributed by atoms with E-state index in [1.54, 1.807) is 54.6 Å². The number of imide groups is 1. The van der Waals surface area contributed by atoms with Crippen LogP contribution < -0.4 is 4.90 Å². The van der Waals surface area contributed by atoms with Gasteiger partial charge in [0, 0.05) is 11.3 Å². The maximum absolute atomic E-state index is 12.5. The number of ether oxygens (including phenoxy) is 1. The van der Waals surface area contributed by atoms with E-state index in [9.17, 15) is 19.2 Å². The van der Waals surface area contributed by atoms with Crippen LogP contribution in [0, 0.1) is 11.3 Å². The zero-order valence-corrected chi connectivity index (χ0v) is 15.4. The summed E-state index contributed by atoms with van der Waals surface area (Å²) in [6.07, 6.45) is 0.0120. The summed E-state index contributed by atoms with van der Waals surface area (Å²) in [5, 5.41) is 8.95. The second-order valence-corrected chi connectivity index (χ2v) is 6.25. The molecular formula is C21H17N3O5. The second kappa shape index (κ2) is 8.80. The summed E-state index contributed by atoms with van der Waals surface area (Å²) in [6.45, 7) is -1.40. The lowest BCUT2D eigenvalue weighted by molar-refractivity contribution is -0.150. The van der Waals surface area contributed by atoms with Gasteiger partial charge in [0.1, 0.15) is 13.1 Å². The molecule has 29 heavy (non-hydrogen) atoms. The standard InChI is InChI=1S/C21H17N3O5/c22-10-11-23(16-7-2-1-3-8-16)19(26)14-29-20(27)13-24-18(25)12-15-6-4-5-9-17(15)21(24)28/h1-9H,11-14H2. The highest BCUT2D eigenvalue weighted by Crippen LogP contribution is 2.19. The Morgan fingerprint density at radius 3 is 2.48 bits per heavy atom. The SMILES string of the molecule is N#CCN(C(=O)COC(=O)CN1C(=O)Cc2ccccc2C1=O)c1ccccc1. The van der Waals surface area contributed by atoms with E-state index in [2.05, 4.69) is 0 Å². The molecule has 0 bridgehead atoms. The molecule has 2 aromatic rings. The molecule has 0 N–H and O–H groups in total. The van der Waals surface area contributed by atoms with E-state index < -0.39 is 36.8 Å². The van der Waals surface area contributed by atoms with E-state index >= 15 is 0 Å². The summed E-state index contributed by atoms with van der Waals surface area (Å²) < 4.78 is 4.95. The molecule has 0 aromatic heterocycles. The number of hydrogen-bond acceptors (Lipinski definition) is 6. The third-order valence-corrected chi connectivity index (χ3v) is 4.38. The van der Waals surface area contributed by atoms with Crippen LogP contribution >= 0.6 is 0 Å². The topological polar surface area (TPSA) is 108 Å². The molecule has 0 spiro atoms. The maximum atomic E-state index is 12.5. The van der Waals surface area contributed by atoms with Gasteiger partial charge in [0.05, 0.1) is 12.5 Å². The van der Waals surface area contributed by atoms with Gasteiger partial charge in [-0.15, -0.1) is 0 Å². The Hall–Kier alpha value is -3.99. The first kappa shape index (κ1) is 19.8. The molecule has 8 nitrogen and oxygen atoms in total. The molecule has 0 atom stereocenters. The van der Waals surface area contributed by atoms with Crippen LogP contribution in [0.25, 0.3) is 0 Å². The Morgan fingerprint density at radius 1 is 1.07 bits per heavy atom. The van der Waals surface area contributed by atoms with Gasteiger partial charge in [0.25, 0.3) is 11.8 Å². The van der Waals surface area contributed by atoms with E-state index in [0.29, 0.717) is 16.8 Å². The zero-order chi connectivity index (χ0) is 20.8. The van der Waals surface area contributed by atoms with Crippen molar-refractivity contribution in [3.63, 3.8) is 0 Å². The Morgan fingerprint density at radius 2 is 1.76 bits per heavy atom. The molecule has 3 rings (SSSR count). The van der Waals surface area contributed by atoms with Crippen LogP contribution in [0.5, 0.6) is 0 Å². The first-order valence-electron chi connectivity index (χ1n) is 8.82. The number of rotatable bonds is 6. The minimum absolute atomic E-state index is 0.0120. The number of amides is 3. The molecule has 0 fully saturated rings. The summed E-state index contributed by atoms with van der Waals surface area (Å²) in [4.78, 5) is 51.2. The highest BCUT2D eigenvalue weighted by molar-refractivity contribution is 6.11. The molecule has 0 saturated heterocycles. The number of carbonyl (C=O) groups is 4. The number of benzene rings is 2. The van der Waals surface area contributed by atoms with Gasteiger partial charge in [-0.05, 0) is 23.8 Å². The van der Waals surface area contributed by atoms with Crippen molar-refractivity contribution in [2.24, 2.45) is 0 Å². The molecule has 1 heterocycles. The van der Waals surface area contributed by atoms with E-state index in [4.69, 9.17) is 10.00 Å². The molecular weight excluding hydrogens is 374 g/mol. The van der Waals surface area contributed by atoms with Crippen molar-refractivity contribution in [1.82, 2.24) is 4.90 Å². The summed E-state index contributed by atoms with van der Waals surface area (Å²) >= 11 is 0. The van der Waals surface area contributed by atoms with Crippen LogP contribution in [0.2, 0.25) is 0 Å². The summed E-state index contributed by atoms with van der Waals surface area (Å²) in [5.41, 5.74) is 1.46. The Labute approximate surface area is 166 Å². The van der Waals surface area contributed by atoms with Gasteiger partial charge in [-0.25, -0.2) is 0 Å². The fourth-order valence-electron chi connectivity index (χ4n) is 2.96. The van der Waals surface area contributed by atoms with Crippen LogP contribution in [0.1, 0.15) is 15.9 Å². The number of anilines is 1. The number of esters is 1. The van der Waals surface area contributed by atoms with Crippen molar-refractivity contribution in [3.05, 3.63) is 65.7 Å². The summed E-state index contributed by atoms with van der Waals surface area (Å²) in [6, 6.07) is 17.1. The molecule has 0 radical (unpaired) electrons. The third kappa shape index (κ3) is 4.47. The van der Waals surface area contributed by atoms with Gasteiger partial charge in [-0.2, -0.15) is 5.26 Å². The number of fused-ring (bicyclic) bond motifs is 1. The van der Waals surface area contributed by atoms with Crippen molar-refractivity contribution in [2.45, 2.75) is 6.42 Å². The highest BCUT2D eigenvalue weighted by Gasteiger charge is 2.32. The number of nitriles is 1. The van der Waals surface area contributed by atoms with E-state index in [-0.39, 0.29) is 13.0 Å². The van der Waals surface area contributed by atoms with Gasteiger partial charge in [-0.1, -0.05) is 36.4 Å². The lowest BCUT2D eigenvalue weighted by Gasteiger charge is -2.26. The number of hydrogen-bond donors (Lipinski definition) is 0. The Bertz CT molecular complexity index is 997. The van der Waals surface area contributed by atoms with Crippen LogP contribution in [-0.2, 0) is 25.5 Å². The van der Waals surface area contributed by atoms with Crippen LogP contribution in [-0.4, -0.2) is 48.3 Å². The molecule has 0 unspecified atom stereocenters. The van der Waals surface area contributed by atoms with Gasteiger partial charge >= 0.3 is 5.97 Å². The van der Waals surface area contributed by atoms with Crippen LogP contribution in [0.15, 0.2) is 54.6 Å². The minimum atomic E-state index is -0.885. The van der Waals surface area contributed by atoms with E-state index in [1.165, 1.54) is 4.90 Å². The van der Waals surface area contributed by atoms with Crippen LogP contribution in [0.3, 0.4) is 0 Å². The summed E-state index contributed by atoms with van der Waals surface area (Å²) in [7, 11) is 0. The number of para-hydroxylation sites is 1. The third-order valence-electron chi connectivity index (χ3n) is 4.38. The normalized spacial score (nSPS) is 12.7. The molecule has 3 amide bonds. The maximum Gasteiger partial charge on any atom is 0.326 e. The molecule has 146 valence electrons. The fraction of sp³-hybridized carbons (Fsp3) is 0.190. The molecule has 0 saturated carbocycles. The number of nitrogens with zero attached hydrogens (tertiary/aromatic N) is 3. The van der Waals surface area contributed by atoms with Crippen molar-refractivity contribution in [2.75, 3.05) is 24.6 Å². The predicted molar refractivity (Wildman–Crippen MR) is 102 cm³/mol. The molecule has 2 aromatic carbocycles. The molecule has 8 heteroatoms. The van der Waals surface area contributed by atoms with Crippen molar-refractivity contribution >= 4 is 29.4 Å². The Kier molecular flexibility index (Phi) is 6.00. The average Bonchev–Trinajstić information content (AvgIpc) is 2.74. The first-order chi connectivity index (χ1) is 14.0. The first-order valence-corrected chi connectivity index (χ1v) is 8.82. The van der Waals surface area contributed by atoms with Crippen molar-refractivity contribution < 1.29 is 23.9 Å². The Balaban J connectivity index is 1.61. The molecule has 1 aliphatic heterocycles. The quantitative estimate of drug-likeness (QED) is 0.417. The minimum Gasteiger partial charge on any atom is -0.454 e. The lowest BCUT2D eigenvalue weighted by Crippen LogP contribution is -2.46. The summed E-state index contributed by atoms with van der Waals surface area (Å²) in [5.74, 6) is -2.56. The largest absolute Gasteiger partial charge is 0.454 e. The monoisotopic (exact) mass is 391 g/mol. The highest BCUT2D eigenvalue weighted by atomic mass is 16.5. The van der Waals surface area contributed by atoms with Gasteiger partial charge < -0.3 is 4.74 Å². The van der Waals surface area contributed by atoms with Crippen molar-refractivity contribution in [3.8, 4) is 6.07 Å². The van der Waals surface area contributed by atoms with Crippen LogP contribution in [0.4, 0.5) is 5.69 Å². The van der Waals surface area contributed by atoms with Gasteiger partial charge in [0.15, 0.2) is 6.61 Å². The number of carbonyl (C=O) groups excluding carboxylic acids is 4. The second-order valence-electron chi connectivity index (χ2n) is 6.25. The average molecular weight is 391 g/mol.